The Kier molecular flexibility index (Phi) is 10.0. The number of carbonyl (C=O) groups excluding carboxylic acids is 2. The van der Waals surface area contributed by atoms with Gasteiger partial charge in [0.05, 0.1) is 6.61 Å². The third kappa shape index (κ3) is 7.48. The fourth-order valence-corrected chi connectivity index (χ4v) is 4.60. The molecule has 0 atom stereocenters. The van der Waals surface area contributed by atoms with E-state index in [-0.39, 0.29) is 23.1 Å². The highest BCUT2D eigenvalue weighted by Gasteiger charge is 2.45. The summed E-state index contributed by atoms with van der Waals surface area (Å²) in [5.74, 6) is -0.311. The molecule has 162 valence electrons. The van der Waals surface area contributed by atoms with Gasteiger partial charge in [-0.2, -0.15) is 0 Å². The number of hydrogen-bond donors (Lipinski definition) is 0. The van der Waals surface area contributed by atoms with E-state index in [1.807, 2.05) is 18.0 Å². The Morgan fingerprint density at radius 1 is 1.04 bits per heavy atom. The molecule has 1 rings (SSSR count). The van der Waals surface area contributed by atoms with Crippen LogP contribution in [0.5, 0.6) is 0 Å². The van der Waals surface area contributed by atoms with Crippen LogP contribution in [0.4, 0.5) is 0 Å². The second-order valence-corrected chi connectivity index (χ2v) is 9.24. The molecular formula is C23H42N2O3. The Morgan fingerprint density at radius 2 is 1.61 bits per heavy atom. The van der Waals surface area contributed by atoms with Crippen LogP contribution in [0.1, 0.15) is 92.9 Å². The first-order chi connectivity index (χ1) is 13.2. The molecule has 0 bridgehead atoms. The van der Waals surface area contributed by atoms with Crippen LogP contribution in [-0.4, -0.2) is 52.5 Å². The molecule has 0 unspecified atom stereocenters. The van der Waals surface area contributed by atoms with Gasteiger partial charge in [0.1, 0.15) is 0 Å². The molecule has 28 heavy (non-hydrogen) atoms. The topological polar surface area (TPSA) is 49.9 Å². The van der Waals surface area contributed by atoms with Gasteiger partial charge < -0.3 is 14.5 Å². The van der Waals surface area contributed by atoms with Crippen molar-refractivity contribution in [3.63, 3.8) is 0 Å². The molecule has 0 aromatic heterocycles. The molecule has 0 radical (unpaired) electrons. The van der Waals surface area contributed by atoms with Gasteiger partial charge in [-0.25, -0.2) is 4.79 Å². The normalized spacial score (nSPS) is 19.0. The molecule has 1 aliphatic heterocycles. The van der Waals surface area contributed by atoms with Crippen molar-refractivity contribution in [2.75, 3.05) is 13.2 Å². The summed E-state index contributed by atoms with van der Waals surface area (Å²) in [6, 6.07) is 0.227. The van der Waals surface area contributed by atoms with E-state index >= 15 is 0 Å². The SMILES string of the molecule is CCCCCCCCN(C=O)C1CC(C)(C)N(/C=C/C(=O)OCC)C(C)(C)C1. The molecule has 5 heteroatoms. The number of rotatable bonds is 12. The maximum Gasteiger partial charge on any atom is 0.332 e. The average Bonchev–Trinajstić information content (AvgIpc) is 2.59. The number of nitrogens with zero attached hydrogens (tertiary/aromatic N) is 2. The molecular weight excluding hydrogens is 352 g/mol. The first kappa shape index (κ1) is 24.5. The van der Waals surface area contributed by atoms with Crippen molar-refractivity contribution in [2.45, 2.75) is 110 Å². The smallest absolute Gasteiger partial charge is 0.332 e. The maximum atomic E-state index is 11.8. The van der Waals surface area contributed by atoms with Gasteiger partial charge in [0.25, 0.3) is 0 Å². The second-order valence-electron chi connectivity index (χ2n) is 9.24. The van der Waals surface area contributed by atoms with Crippen LogP contribution in [0.3, 0.4) is 0 Å². The molecule has 1 fully saturated rings. The molecule has 5 nitrogen and oxygen atoms in total. The summed E-state index contributed by atoms with van der Waals surface area (Å²) in [7, 11) is 0. The van der Waals surface area contributed by atoms with Gasteiger partial charge in [-0.1, -0.05) is 39.0 Å². The van der Waals surface area contributed by atoms with Crippen LogP contribution in [0, 0.1) is 0 Å². The summed E-state index contributed by atoms with van der Waals surface area (Å²) in [5.41, 5.74) is -0.310. The predicted molar refractivity (Wildman–Crippen MR) is 115 cm³/mol. The van der Waals surface area contributed by atoms with Gasteiger partial charge in [0, 0.05) is 35.9 Å². The minimum absolute atomic E-state index is 0.155. The fraction of sp³-hybridized carbons (Fsp3) is 0.826. The summed E-state index contributed by atoms with van der Waals surface area (Å²) in [5, 5.41) is 0. The average molecular weight is 395 g/mol. The Labute approximate surface area is 172 Å². The van der Waals surface area contributed by atoms with E-state index < -0.39 is 0 Å². The Balaban J connectivity index is 2.72. The molecule has 1 aliphatic rings. The van der Waals surface area contributed by atoms with Gasteiger partial charge in [0.2, 0.25) is 6.41 Å². The summed E-state index contributed by atoms with van der Waals surface area (Å²) >= 11 is 0. The highest BCUT2D eigenvalue weighted by atomic mass is 16.5. The van der Waals surface area contributed by atoms with Crippen LogP contribution in [-0.2, 0) is 14.3 Å². The molecule has 0 aliphatic carbocycles. The Morgan fingerprint density at radius 3 is 2.14 bits per heavy atom. The van der Waals surface area contributed by atoms with Crippen molar-refractivity contribution in [3.05, 3.63) is 12.3 Å². The van der Waals surface area contributed by atoms with Gasteiger partial charge in [-0.05, 0) is 53.9 Å². The third-order valence-corrected chi connectivity index (χ3v) is 5.80. The largest absolute Gasteiger partial charge is 0.463 e. The van der Waals surface area contributed by atoms with E-state index in [9.17, 15) is 9.59 Å². The lowest BCUT2D eigenvalue weighted by Crippen LogP contribution is -2.62. The molecule has 0 aromatic rings. The quantitative estimate of drug-likeness (QED) is 0.204. The monoisotopic (exact) mass is 394 g/mol. The second kappa shape index (κ2) is 11.5. The van der Waals surface area contributed by atoms with Crippen LogP contribution in [0.2, 0.25) is 0 Å². The van der Waals surface area contributed by atoms with Gasteiger partial charge in [-0.3, -0.25) is 4.79 Å². The van der Waals surface area contributed by atoms with Crippen molar-refractivity contribution >= 4 is 12.4 Å². The van der Waals surface area contributed by atoms with E-state index in [1.165, 1.54) is 38.2 Å². The van der Waals surface area contributed by atoms with Gasteiger partial charge >= 0.3 is 5.97 Å². The number of piperidine rings is 1. The van der Waals surface area contributed by atoms with E-state index in [0.29, 0.717) is 6.61 Å². The van der Waals surface area contributed by atoms with E-state index in [0.717, 1.165) is 32.2 Å². The number of esters is 1. The minimum atomic E-state index is -0.311. The molecule has 1 saturated heterocycles. The molecule has 0 spiro atoms. The zero-order chi connectivity index (χ0) is 21.2. The lowest BCUT2D eigenvalue weighted by atomic mass is 9.76. The minimum Gasteiger partial charge on any atom is -0.463 e. The number of ether oxygens (including phenoxy) is 1. The summed E-state index contributed by atoms with van der Waals surface area (Å²) in [4.78, 5) is 27.8. The Bertz CT molecular complexity index is 496. The van der Waals surface area contributed by atoms with Crippen molar-refractivity contribution in [1.82, 2.24) is 9.80 Å². The standard InChI is InChI=1S/C23H42N2O3/c1-7-9-10-11-12-13-15-24(19-26)20-17-22(3,4)25(23(5,6)18-20)16-14-21(27)28-8-2/h14,16,19-20H,7-13,15,17-18H2,1-6H3/b16-14+. The Hall–Kier alpha value is -1.52. The first-order valence-electron chi connectivity index (χ1n) is 11.0. The highest BCUT2D eigenvalue weighted by Crippen LogP contribution is 2.40. The van der Waals surface area contributed by atoms with E-state index in [4.69, 9.17) is 4.74 Å². The van der Waals surface area contributed by atoms with E-state index in [1.54, 1.807) is 0 Å². The van der Waals surface area contributed by atoms with Crippen LogP contribution in [0.25, 0.3) is 0 Å². The maximum absolute atomic E-state index is 11.8. The molecule has 1 amide bonds. The van der Waals surface area contributed by atoms with Crippen molar-refractivity contribution in [2.24, 2.45) is 0 Å². The molecule has 0 N–H and O–H groups in total. The van der Waals surface area contributed by atoms with Gasteiger partial charge in [0.15, 0.2) is 0 Å². The number of unbranched alkanes of at least 4 members (excludes halogenated alkanes) is 5. The number of hydrogen-bond acceptors (Lipinski definition) is 4. The number of amides is 1. The summed E-state index contributed by atoms with van der Waals surface area (Å²) in [6.07, 6.45) is 13.6. The lowest BCUT2D eigenvalue weighted by molar-refractivity contribution is -0.137. The van der Waals surface area contributed by atoms with Gasteiger partial charge in [-0.15, -0.1) is 0 Å². The van der Waals surface area contributed by atoms with Crippen LogP contribution >= 0.6 is 0 Å². The summed E-state index contributed by atoms with van der Waals surface area (Å²) < 4.78 is 5.02. The zero-order valence-corrected chi connectivity index (χ0v) is 19.0. The van der Waals surface area contributed by atoms with Crippen LogP contribution in [0.15, 0.2) is 12.3 Å². The number of carbonyl (C=O) groups is 2. The lowest BCUT2D eigenvalue weighted by Gasteiger charge is -2.56. The summed E-state index contributed by atoms with van der Waals surface area (Å²) in [6.45, 7) is 14.0. The first-order valence-corrected chi connectivity index (χ1v) is 11.0. The number of likely N-dealkylation sites (tertiary alicyclic amines) is 1. The van der Waals surface area contributed by atoms with Crippen LogP contribution < -0.4 is 0 Å². The zero-order valence-electron chi connectivity index (χ0n) is 19.0. The highest BCUT2D eigenvalue weighted by molar-refractivity contribution is 5.81. The van der Waals surface area contributed by atoms with E-state index in [2.05, 4.69) is 39.5 Å². The molecule has 0 saturated carbocycles. The molecule has 0 aromatic carbocycles. The third-order valence-electron chi connectivity index (χ3n) is 5.80. The van der Waals surface area contributed by atoms with Crippen molar-refractivity contribution < 1.29 is 14.3 Å². The molecule has 1 heterocycles. The van der Waals surface area contributed by atoms with Crippen molar-refractivity contribution in [3.8, 4) is 0 Å². The van der Waals surface area contributed by atoms with Crippen molar-refractivity contribution in [1.29, 1.82) is 0 Å². The predicted octanol–water partition coefficient (Wildman–Crippen LogP) is 4.90. The fourth-order valence-electron chi connectivity index (χ4n) is 4.60.